The van der Waals surface area contributed by atoms with E-state index >= 15 is 0 Å². The quantitative estimate of drug-likeness (QED) is 0.887. The van der Waals surface area contributed by atoms with Crippen molar-refractivity contribution in [3.63, 3.8) is 0 Å². The van der Waals surface area contributed by atoms with Crippen LogP contribution in [0.15, 0.2) is 42.5 Å². The van der Waals surface area contributed by atoms with Gasteiger partial charge in [-0.25, -0.2) is 0 Å². The summed E-state index contributed by atoms with van der Waals surface area (Å²) in [5.41, 5.74) is 2.89. The first kappa shape index (κ1) is 16.1. The van der Waals surface area contributed by atoms with Gasteiger partial charge in [0.2, 0.25) is 0 Å². The third-order valence-electron chi connectivity index (χ3n) is 3.89. The molecule has 1 heterocycles. The lowest BCUT2D eigenvalue weighted by atomic mass is 9.87. The summed E-state index contributed by atoms with van der Waals surface area (Å²) in [4.78, 5) is 23.9. The summed E-state index contributed by atoms with van der Waals surface area (Å²) < 4.78 is 5.42. The molecular formula is C19H20N2O3. The van der Waals surface area contributed by atoms with Gasteiger partial charge in [0, 0.05) is 5.69 Å². The molecule has 0 bridgehead atoms. The summed E-state index contributed by atoms with van der Waals surface area (Å²) in [6, 6.07) is 12.9. The van der Waals surface area contributed by atoms with Crippen LogP contribution in [0.5, 0.6) is 5.75 Å². The molecule has 0 atom stereocenters. The zero-order valence-electron chi connectivity index (χ0n) is 14.0. The Morgan fingerprint density at radius 2 is 1.83 bits per heavy atom. The molecule has 3 rings (SSSR count). The number of amides is 2. The Morgan fingerprint density at radius 1 is 1.12 bits per heavy atom. The van der Waals surface area contributed by atoms with E-state index in [2.05, 4.69) is 31.4 Å². The van der Waals surface area contributed by atoms with Crippen molar-refractivity contribution in [1.29, 1.82) is 0 Å². The smallest absolute Gasteiger partial charge is 0.262 e. The highest BCUT2D eigenvalue weighted by Gasteiger charge is 2.22. The summed E-state index contributed by atoms with van der Waals surface area (Å²) in [5, 5.41) is 5.57. The molecule has 2 N–H and O–H groups in total. The van der Waals surface area contributed by atoms with Gasteiger partial charge >= 0.3 is 0 Å². The molecule has 0 fully saturated rings. The molecule has 124 valence electrons. The highest BCUT2D eigenvalue weighted by molar-refractivity contribution is 6.09. The van der Waals surface area contributed by atoms with Crippen LogP contribution in [0.2, 0.25) is 0 Å². The lowest BCUT2D eigenvalue weighted by Gasteiger charge is -2.21. The number of hydrogen-bond donors (Lipinski definition) is 2. The third kappa shape index (κ3) is 3.25. The molecule has 0 radical (unpaired) electrons. The monoisotopic (exact) mass is 324 g/mol. The highest BCUT2D eigenvalue weighted by atomic mass is 16.5. The fourth-order valence-corrected chi connectivity index (χ4v) is 2.55. The Morgan fingerprint density at radius 3 is 2.50 bits per heavy atom. The maximum Gasteiger partial charge on any atom is 0.262 e. The van der Waals surface area contributed by atoms with Crippen LogP contribution < -0.4 is 15.4 Å². The molecule has 0 aliphatic carbocycles. The second-order valence-corrected chi connectivity index (χ2v) is 6.80. The Balaban J connectivity index is 1.81. The van der Waals surface area contributed by atoms with Crippen LogP contribution in [0.25, 0.3) is 0 Å². The van der Waals surface area contributed by atoms with Gasteiger partial charge in [0.1, 0.15) is 0 Å². The first-order chi connectivity index (χ1) is 11.3. The third-order valence-corrected chi connectivity index (χ3v) is 3.89. The molecule has 2 aromatic rings. The van der Waals surface area contributed by atoms with E-state index in [0.717, 1.165) is 0 Å². The van der Waals surface area contributed by atoms with Crippen LogP contribution in [-0.4, -0.2) is 18.4 Å². The predicted octanol–water partition coefficient (Wildman–Crippen LogP) is 3.57. The van der Waals surface area contributed by atoms with Gasteiger partial charge in [0.15, 0.2) is 12.4 Å². The van der Waals surface area contributed by atoms with Crippen LogP contribution in [0.1, 0.15) is 36.7 Å². The molecule has 5 nitrogen and oxygen atoms in total. The van der Waals surface area contributed by atoms with Crippen molar-refractivity contribution in [1.82, 2.24) is 0 Å². The SMILES string of the molecule is CC(C)(C)c1ccc(NC(=O)c2cccc3c2OCC(=O)N3)cc1. The van der Waals surface area contributed by atoms with E-state index in [4.69, 9.17) is 4.74 Å². The van der Waals surface area contributed by atoms with E-state index < -0.39 is 0 Å². The largest absolute Gasteiger partial charge is 0.481 e. The Kier molecular flexibility index (Phi) is 4.01. The van der Waals surface area contributed by atoms with Crippen LogP contribution in [0.4, 0.5) is 11.4 Å². The van der Waals surface area contributed by atoms with Crippen LogP contribution in [0, 0.1) is 0 Å². The van der Waals surface area contributed by atoms with Crippen LogP contribution in [-0.2, 0) is 10.2 Å². The summed E-state index contributed by atoms with van der Waals surface area (Å²) in [6.45, 7) is 6.34. The molecule has 0 unspecified atom stereocenters. The Bertz CT molecular complexity index is 789. The van der Waals surface area contributed by atoms with Crippen molar-refractivity contribution in [2.45, 2.75) is 26.2 Å². The van der Waals surface area contributed by atoms with Gasteiger partial charge in [-0.05, 0) is 35.2 Å². The fourth-order valence-electron chi connectivity index (χ4n) is 2.55. The summed E-state index contributed by atoms with van der Waals surface area (Å²) in [5.74, 6) is -0.0924. The zero-order chi connectivity index (χ0) is 17.3. The molecule has 5 heteroatoms. The second kappa shape index (κ2) is 6.00. The van der Waals surface area contributed by atoms with E-state index in [9.17, 15) is 9.59 Å². The van der Waals surface area contributed by atoms with E-state index in [1.165, 1.54) is 5.56 Å². The van der Waals surface area contributed by atoms with E-state index in [-0.39, 0.29) is 23.8 Å². The number of rotatable bonds is 2. The fraction of sp³-hybridized carbons (Fsp3) is 0.263. The Hall–Kier alpha value is -2.82. The summed E-state index contributed by atoms with van der Waals surface area (Å²) in [6.07, 6.45) is 0. The lowest BCUT2D eigenvalue weighted by Crippen LogP contribution is -2.27. The molecule has 0 aromatic heterocycles. The number of ether oxygens (including phenoxy) is 1. The number of nitrogens with one attached hydrogen (secondary N) is 2. The predicted molar refractivity (Wildman–Crippen MR) is 93.7 cm³/mol. The number of carbonyl (C=O) groups excluding carboxylic acids is 2. The topological polar surface area (TPSA) is 67.4 Å². The molecular weight excluding hydrogens is 304 g/mol. The van der Waals surface area contributed by atoms with Crippen molar-refractivity contribution >= 4 is 23.2 Å². The number of anilines is 2. The number of benzene rings is 2. The number of hydrogen-bond acceptors (Lipinski definition) is 3. The number of fused-ring (bicyclic) bond motifs is 1. The maximum absolute atomic E-state index is 12.5. The molecule has 0 saturated heterocycles. The van der Waals surface area contributed by atoms with Gasteiger partial charge < -0.3 is 15.4 Å². The molecule has 2 amide bonds. The Labute approximate surface area is 141 Å². The van der Waals surface area contributed by atoms with E-state index in [1.54, 1.807) is 18.2 Å². The molecule has 2 aromatic carbocycles. The van der Waals surface area contributed by atoms with Gasteiger partial charge in [-0.3, -0.25) is 9.59 Å². The van der Waals surface area contributed by atoms with E-state index in [0.29, 0.717) is 22.7 Å². The molecule has 1 aliphatic heterocycles. The van der Waals surface area contributed by atoms with Gasteiger partial charge in [0.05, 0.1) is 11.3 Å². The highest BCUT2D eigenvalue weighted by Crippen LogP contribution is 2.32. The van der Waals surface area contributed by atoms with Gasteiger partial charge in [-0.2, -0.15) is 0 Å². The second-order valence-electron chi connectivity index (χ2n) is 6.80. The van der Waals surface area contributed by atoms with Gasteiger partial charge in [-0.15, -0.1) is 0 Å². The standard InChI is InChI=1S/C19H20N2O3/c1-19(2,3)12-7-9-13(10-8-12)20-18(23)14-5-4-6-15-17(14)24-11-16(22)21-15/h4-10H,11H2,1-3H3,(H,20,23)(H,21,22). The van der Waals surface area contributed by atoms with Gasteiger partial charge in [0.25, 0.3) is 11.8 Å². The number of para-hydroxylation sites is 1. The van der Waals surface area contributed by atoms with E-state index in [1.807, 2.05) is 24.3 Å². The molecule has 24 heavy (non-hydrogen) atoms. The van der Waals surface area contributed by atoms with Crippen molar-refractivity contribution < 1.29 is 14.3 Å². The minimum atomic E-state index is -0.272. The van der Waals surface area contributed by atoms with Crippen LogP contribution in [0.3, 0.4) is 0 Å². The first-order valence-electron chi connectivity index (χ1n) is 7.82. The average molecular weight is 324 g/mol. The maximum atomic E-state index is 12.5. The lowest BCUT2D eigenvalue weighted by molar-refractivity contribution is -0.118. The molecule has 0 saturated carbocycles. The minimum absolute atomic E-state index is 0.0626. The zero-order valence-corrected chi connectivity index (χ0v) is 14.0. The van der Waals surface area contributed by atoms with Crippen molar-refractivity contribution in [3.05, 3.63) is 53.6 Å². The number of carbonyl (C=O) groups is 2. The van der Waals surface area contributed by atoms with Crippen molar-refractivity contribution in [2.75, 3.05) is 17.2 Å². The minimum Gasteiger partial charge on any atom is -0.481 e. The normalized spacial score (nSPS) is 13.5. The summed E-state index contributed by atoms with van der Waals surface area (Å²) >= 11 is 0. The molecule has 1 aliphatic rings. The van der Waals surface area contributed by atoms with Crippen molar-refractivity contribution in [2.24, 2.45) is 0 Å². The van der Waals surface area contributed by atoms with Gasteiger partial charge in [-0.1, -0.05) is 39.0 Å². The summed E-state index contributed by atoms with van der Waals surface area (Å²) in [7, 11) is 0. The average Bonchev–Trinajstić information content (AvgIpc) is 2.53. The molecule has 0 spiro atoms. The van der Waals surface area contributed by atoms with Crippen LogP contribution >= 0.6 is 0 Å². The first-order valence-corrected chi connectivity index (χ1v) is 7.82. The van der Waals surface area contributed by atoms with Crippen molar-refractivity contribution in [3.8, 4) is 5.75 Å².